The highest BCUT2D eigenvalue weighted by molar-refractivity contribution is 5.85. The Kier molecular flexibility index (Phi) is 5.98. The summed E-state index contributed by atoms with van der Waals surface area (Å²) in [6, 6.07) is 6.16. The number of nitrogens with one attached hydrogen (secondary N) is 1. The van der Waals surface area contributed by atoms with E-state index in [0.29, 0.717) is 31.1 Å². The van der Waals surface area contributed by atoms with Crippen LogP contribution in [-0.4, -0.2) is 25.2 Å². The van der Waals surface area contributed by atoms with E-state index in [4.69, 9.17) is 15.2 Å². The third-order valence-corrected chi connectivity index (χ3v) is 6.21. The van der Waals surface area contributed by atoms with Crippen LogP contribution in [0.25, 0.3) is 0 Å². The molecule has 4 rings (SSSR count). The summed E-state index contributed by atoms with van der Waals surface area (Å²) < 4.78 is 11.2. The first-order valence-corrected chi connectivity index (χ1v) is 9.57. The lowest BCUT2D eigenvalue weighted by Crippen LogP contribution is -2.49. The molecule has 1 heterocycles. The van der Waals surface area contributed by atoms with Gasteiger partial charge in [-0.25, -0.2) is 0 Å². The molecule has 3 N–H and O–H groups in total. The van der Waals surface area contributed by atoms with Crippen molar-refractivity contribution in [2.24, 2.45) is 23.5 Å². The molecule has 2 saturated carbocycles. The Hall–Kier alpha value is -1.46. The molecule has 144 valence electrons. The van der Waals surface area contributed by atoms with Crippen LogP contribution in [0.3, 0.4) is 0 Å². The zero-order valence-corrected chi connectivity index (χ0v) is 16.1. The minimum atomic E-state index is -0.0428. The number of nitrogens with two attached hydrogens (primary N) is 1. The van der Waals surface area contributed by atoms with E-state index in [1.807, 2.05) is 25.1 Å². The highest BCUT2D eigenvalue weighted by Crippen LogP contribution is 2.42. The van der Waals surface area contributed by atoms with Gasteiger partial charge in [0.2, 0.25) is 5.91 Å². The van der Waals surface area contributed by atoms with Gasteiger partial charge < -0.3 is 20.5 Å². The number of hydrogen-bond donors (Lipinski definition) is 2. The van der Waals surface area contributed by atoms with Crippen LogP contribution in [-0.2, 0) is 4.79 Å². The Morgan fingerprint density at radius 2 is 1.81 bits per heavy atom. The topological polar surface area (TPSA) is 73.6 Å². The van der Waals surface area contributed by atoms with Gasteiger partial charge in [0.05, 0.1) is 6.04 Å². The molecule has 0 spiro atoms. The summed E-state index contributed by atoms with van der Waals surface area (Å²) in [4.78, 5) is 12.8. The fourth-order valence-electron chi connectivity index (χ4n) is 4.75. The Labute approximate surface area is 161 Å². The summed E-state index contributed by atoms with van der Waals surface area (Å²) in [5.41, 5.74) is 7.39. The number of ether oxygens (including phenoxy) is 2. The molecule has 1 aromatic rings. The molecule has 0 saturated heterocycles. The van der Waals surface area contributed by atoms with E-state index in [2.05, 4.69) is 5.32 Å². The van der Waals surface area contributed by atoms with Crippen LogP contribution >= 0.6 is 12.4 Å². The summed E-state index contributed by atoms with van der Waals surface area (Å²) in [7, 11) is 0. The van der Waals surface area contributed by atoms with E-state index in [-0.39, 0.29) is 30.3 Å². The van der Waals surface area contributed by atoms with Crippen molar-refractivity contribution in [3.8, 4) is 11.5 Å². The first-order valence-electron chi connectivity index (χ1n) is 9.57. The smallest absolute Gasteiger partial charge is 0.223 e. The van der Waals surface area contributed by atoms with Gasteiger partial charge in [0, 0.05) is 12.0 Å². The van der Waals surface area contributed by atoms with Crippen molar-refractivity contribution >= 4 is 18.3 Å². The molecule has 5 nitrogen and oxygen atoms in total. The molecule has 2 fully saturated rings. The number of carbonyl (C=O) groups excluding carboxylic acids is 1. The lowest BCUT2D eigenvalue weighted by Gasteiger charge is -2.43. The van der Waals surface area contributed by atoms with Crippen molar-refractivity contribution in [1.29, 1.82) is 0 Å². The van der Waals surface area contributed by atoms with E-state index in [0.717, 1.165) is 29.9 Å². The molecule has 3 aliphatic rings. The van der Waals surface area contributed by atoms with Gasteiger partial charge in [-0.2, -0.15) is 0 Å². The first kappa shape index (κ1) is 19.3. The fourth-order valence-corrected chi connectivity index (χ4v) is 4.75. The summed E-state index contributed by atoms with van der Waals surface area (Å²) in [5.74, 6) is 2.87. The van der Waals surface area contributed by atoms with Gasteiger partial charge in [-0.3, -0.25) is 4.79 Å². The van der Waals surface area contributed by atoms with Gasteiger partial charge in [0.25, 0.3) is 0 Å². The van der Waals surface area contributed by atoms with E-state index in [1.54, 1.807) is 0 Å². The number of halogens is 1. The second-order valence-corrected chi connectivity index (χ2v) is 7.83. The average Bonchev–Trinajstić information content (AvgIpc) is 2.61. The van der Waals surface area contributed by atoms with Gasteiger partial charge in [-0.05, 0) is 62.1 Å². The zero-order valence-electron chi connectivity index (χ0n) is 15.3. The number of rotatable bonds is 3. The maximum Gasteiger partial charge on any atom is 0.223 e. The highest BCUT2D eigenvalue weighted by atomic mass is 35.5. The van der Waals surface area contributed by atoms with E-state index in [9.17, 15) is 4.79 Å². The molecule has 0 radical (unpaired) electrons. The monoisotopic (exact) mass is 380 g/mol. The molecule has 1 aliphatic heterocycles. The maximum absolute atomic E-state index is 12.8. The molecule has 6 heteroatoms. The number of hydrogen-bond acceptors (Lipinski definition) is 4. The summed E-state index contributed by atoms with van der Waals surface area (Å²) >= 11 is 0. The molecule has 3 unspecified atom stereocenters. The van der Waals surface area contributed by atoms with Crippen LogP contribution in [0.1, 0.15) is 50.6 Å². The zero-order chi connectivity index (χ0) is 17.4. The number of amides is 1. The van der Waals surface area contributed by atoms with Crippen LogP contribution < -0.4 is 20.5 Å². The lowest BCUT2D eigenvalue weighted by atomic mass is 9.65. The quantitative estimate of drug-likeness (QED) is 0.844. The van der Waals surface area contributed by atoms with Crippen LogP contribution in [0, 0.1) is 17.8 Å². The van der Waals surface area contributed by atoms with Crippen molar-refractivity contribution in [3.63, 3.8) is 0 Å². The molecular formula is C20H29ClN2O3. The maximum atomic E-state index is 12.8. The third kappa shape index (κ3) is 3.79. The number of fused-ring (bicyclic) bond motifs is 3. The molecule has 2 bridgehead atoms. The molecule has 3 atom stereocenters. The van der Waals surface area contributed by atoms with Crippen LogP contribution in [0.5, 0.6) is 11.5 Å². The molecular weight excluding hydrogens is 352 g/mol. The Balaban J connectivity index is 0.00000196. The number of benzene rings is 1. The van der Waals surface area contributed by atoms with Gasteiger partial charge >= 0.3 is 0 Å². The average molecular weight is 381 g/mol. The molecule has 2 aliphatic carbocycles. The summed E-state index contributed by atoms with van der Waals surface area (Å²) in [5, 5.41) is 3.20. The second-order valence-electron chi connectivity index (χ2n) is 7.83. The highest BCUT2D eigenvalue weighted by Gasteiger charge is 2.40. The van der Waals surface area contributed by atoms with Crippen molar-refractivity contribution < 1.29 is 14.3 Å². The predicted molar refractivity (Wildman–Crippen MR) is 103 cm³/mol. The minimum Gasteiger partial charge on any atom is -0.486 e. The fraction of sp³-hybridized carbons (Fsp3) is 0.650. The molecule has 1 aromatic carbocycles. The van der Waals surface area contributed by atoms with Gasteiger partial charge in [-0.1, -0.05) is 12.5 Å². The Bertz CT molecular complexity index is 640. The summed E-state index contributed by atoms with van der Waals surface area (Å²) in [6.45, 7) is 3.19. The van der Waals surface area contributed by atoms with Gasteiger partial charge in [-0.15, -0.1) is 12.4 Å². The predicted octanol–water partition coefficient (Wildman–Crippen LogP) is 3.21. The van der Waals surface area contributed by atoms with E-state index < -0.39 is 0 Å². The summed E-state index contributed by atoms with van der Waals surface area (Å²) in [6.07, 6.45) is 5.51. The van der Waals surface area contributed by atoms with Crippen molar-refractivity contribution in [2.75, 3.05) is 13.2 Å². The van der Waals surface area contributed by atoms with Crippen molar-refractivity contribution in [3.05, 3.63) is 23.8 Å². The van der Waals surface area contributed by atoms with Crippen molar-refractivity contribution in [2.45, 2.75) is 51.1 Å². The lowest BCUT2D eigenvalue weighted by molar-refractivity contribution is -0.128. The molecule has 1 amide bonds. The Morgan fingerprint density at radius 3 is 2.50 bits per heavy atom. The van der Waals surface area contributed by atoms with Crippen LogP contribution in [0.15, 0.2) is 18.2 Å². The SMILES string of the molecule is CC(NC(=O)C1CC2CCCC(C1)C2N)c1ccc2c(c1)OCCO2.Cl. The van der Waals surface area contributed by atoms with Gasteiger partial charge in [0.1, 0.15) is 13.2 Å². The van der Waals surface area contributed by atoms with Gasteiger partial charge in [0.15, 0.2) is 11.5 Å². The van der Waals surface area contributed by atoms with Crippen LogP contribution in [0.2, 0.25) is 0 Å². The molecule has 26 heavy (non-hydrogen) atoms. The van der Waals surface area contributed by atoms with Crippen molar-refractivity contribution in [1.82, 2.24) is 5.32 Å². The first-order chi connectivity index (χ1) is 12.1. The van der Waals surface area contributed by atoms with E-state index >= 15 is 0 Å². The standard InChI is InChI=1S/C20H28N2O3.ClH/c1-12(13-5-6-17-18(11-13)25-8-7-24-17)22-20(23)16-9-14-3-2-4-15(10-16)19(14)21;/h5-6,11-12,14-16,19H,2-4,7-10,21H2,1H3,(H,22,23);1H. The van der Waals surface area contributed by atoms with E-state index in [1.165, 1.54) is 19.3 Å². The Morgan fingerprint density at radius 1 is 1.15 bits per heavy atom. The molecule has 0 aromatic heterocycles. The normalized spacial score (nSPS) is 30.7. The largest absolute Gasteiger partial charge is 0.486 e. The number of carbonyl (C=O) groups is 1. The minimum absolute atomic E-state index is 0. The van der Waals surface area contributed by atoms with Crippen LogP contribution in [0.4, 0.5) is 0 Å². The second kappa shape index (κ2) is 8.05. The third-order valence-electron chi connectivity index (χ3n) is 6.21.